The molecule has 0 radical (unpaired) electrons. The van der Waals surface area contributed by atoms with Gasteiger partial charge in [0, 0.05) is 4.90 Å². The number of thioether (sulfide) groups is 1. The first-order valence-corrected chi connectivity index (χ1v) is 11.0. The van der Waals surface area contributed by atoms with Crippen molar-refractivity contribution in [1.82, 2.24) is 4.98 Å². The van der Waals surface area contributed by atoms with Crippen LogP contribution in [0.3, 0.4) is 0 Å². The number of carbonyl (C=O) groups is 1. The van der Waals surface area contributed by atoms with E-state index in [1.54, 1.807) is 17.0 Å². The van der Waals surface area contributed by atoms with E-state index >= 15 is 0 Å². The molecule has 1 aromatic heterocycles. The van der Waals surface area contributed by atoms with E-state index in [0.717, 1.165) is 20.7 Å². The molecule has 1 amide bonds. The maximum atomic E-state index is 13.1. The Labute approximate surface area is 177 Å². The quantitative estimate of drug-likeness (QED) is 0.354. The number of thiazole rings is 1. The summed E-state index contributed by atoms with van der Waals surface area (Å²) in [5, 5.41) is 0.694. The minimum absolute atomic E-state index is 0.0287. The molecule has 6 heteroatoms. The van der Waals surface area contributed by atoms with Gasteiger partial charge in [-0.3, -0.25) is 9.69 Å². The summed E-state index contributed by atoms with van der Waals surface area (Å²) in [6.07, 6.45) is 0. The van der Waals surface area contributed by atoms with Crippen molar-refractivity contribution in [2.75, 3.05) is 10.7 Å². The Kier molecular flexibility index (Phi) is 5.92. The van der Waals surface area contributed by atoms with E-state index in [4.69, 9.17) is 4.98 Å². The van der Waals surface area contributed by atoms with Crippen LogP contribution in [-0.2, 0) is 11.3 Å². The van der Waals surface area contributed by atoms with Gasteiger partial charge in [-0.05, 0) is 54.4 Å². The molecule has 0 atom stereocenters. The number of hydrogen-bond donors (Lipinski definition) is 0. The molecule has 0 unspecified atom stereocenters. The fraction of sp³-hybridized carbons (Fsp3) is 0.130. The number of fused-ring (bicyclic) bond motifs is 1. The minimum Gasteiger partial charge on any atom is -0.283 e. The third-order valence-corrected chi connectivity index (χ3v) is 6.46. The summed E-state index contributed by atoms with van der Waals surface area (Å²) < 4.78 is 14.2. The zero-order valence-corrected chi connectivity index (χ0v) is 17.5. The number of carbonyl (C=O) groups excluding carboxylic acids is 1. The lowest BCUT2D eigenvalue weighted by molar-refractivity contribution is -0.116. The summed E-state index contributed by atoms with van der Waals surface area (Å²) in [5.41, 5.74) is 3.11. The average Bonchev–Trinajstić information content (AvgIpc) is 3.15. The van der Waals surface area contributed by atoms with Gasteiger partial charge >= 0.3 is 0 Å². The zero-order chi connectivity index (χ0) is 20.2. The van der Waals surface area contributed by atoms with Gasteiger partial charge in [-0.15, -0.1) is 11.8 Å². The number of rotatable bonds is 6. The highest BCUT2D eigenvalue weighted by molar-refractivity contribution is 8.00. The molecule has 0 aliphatic heterocycles. The maximum absolute atomic E-state index is 13.1. The Morgan fingerprint density at radius 1 is 1.07 bits per heavy atom. The molecule has 4 aromatic rings. The van der Waals surface area contributed by atoms with E-state index in [9.17, 15) is 9.18 Å². The molecule has 146 valence electrons. The number of halogens is 1. The van der Waals surface area contributed by atoms with Gasteiger partial charge in [-0.1, -0.05) is 47.7 Å². The molecule has 3 nitrogen and oxygen atoms in total. The lowest BCUT2D eigenvalue weighted by Crippen LogP contribution is -2.31. The largest absolute Gasteiger partial charge is 0.283 e. The SMILES string of the molecule is Cc1ccc2nc(N(Cc3ccccc3)C(=O)CSc3ccc(F)cc3)sc2c1. The van der Waals surface area contributed by atoms with Gasteiger partial charge in [0.25, 0.3) is 0 Å². The van der Waals surface area contributed by atoms with Crippen LogP contribution in [0.4, 0.5) is 9.52 Å². The number of hydrogen-bond acceptors (Lipinski definition) is 4. The lowest BCUT2D eigenvalue weighted by atomic mass is 10.2. The number of amides is 1. The first kappa shape index (κ1) is 19.6. The topological polar surface area (TPSA) is 33.2 Å². The molecule has 0 N–H and O–H groups in total. The third kappa shape index (κ3) is 4.83. The molecule has 3 aromatic carbocycles. The smallest absolute Gasteiger partial charge is 0.239 e. The summed E-state index contributed by atoms with van der Waals surface area (Å²) in [6.45, 7) is 2.51. The molecular formula is C23H19FN2OS2. The van der Waals surface area contributed by atoms with E-state index in [0.29, 0.717) is 11.7 Å². The van der Waals surface area contributed by atoms with Gasteiger partial charge in [0.2, 0.25) is 5.91 Å². The van der Waals surface area contributed by atoms with Crippen molar-refractivity contribution in [3.63, 3.8) is 0 Å². The van der Waals surface area contributed by atoms with Crippen LogP contribution in [0.15, 0.2) is 77.7 Å². The average molecular weight is 423 g/mol. The van der Waals surface area contributed by atoms with Crippen LogP contribution in [0.25, 0.3) is 10.2 Å². The predicted molar refractivity (Wildman–Crippen MR) is 119 cm³/mol. The van der Waals surface area contributed by atoms with Crippen molar-refractivity contribution in [2.45, 2.75) is 18.4 Å². The molecule has 0 fully saturated rings. The lowest BCUT2D eigenvalue weighted by Gasteiger charge is -2.20. The van der Waals surface area contributed by atoms with Crippen LogP contribution >= 0.6 is 23.1 Å². The summed E-state index contributed by atoms with van der Waals surface area (Å²) in [7, 11) is 0. The number of benzene rings is 3. The highest BCUT2D eigenvalue weighted by Gasteiger charge is 2.20. The zero-order valence-electron chi connectivity index (χ0n) is 15.8. The Balaban J connectivity index is 1.59. The summed E-state index contributed by atoms with van der Waals surface area (Å²) in [5.74, 6) is -0.0527. The first-order valence-electron chi connectivity index (χ1n) is 9.18. The van der Waals surface area contributed by atoms with E-state index < -0.39 is 0 Å². The van der Waals surface area contributed by atoms with Gasteiger partial charge in [-0.25, -0.2) is 9.37 Å². The molecular weight excluding hydrogens is 403 g/mol. The van der Waals surface area contributed by atoms with Gasteiger partial charge in [0.1, 0.15) is 5.82 Å². The Hall–Kier alpha value is -2.70. The number of anilines is 1. The molecule has 0 aliphatic carbocycles. The molecule has 0 saturated carbocycles. The van der Waals surface area contributed by atoms with Crippen LogP contribution in [0.5, 0.6) is 0 Å². The minimum atomic E-state index is -0.281. The van der Waals surface area contributed by atoms with Crippen molar-refractivity contribution in [2.24, 2.45) is 0 Å². The van der Waals surface area contributed by atoms with Crippen molar-refractivity contribution >= 4 is 44.4 Å². The van der Waals surface area contributed by atoms with Gasteiger partial charge in [-0.2, -0.15) is 0 Å². The van der Waals surface area contributed by atoms with Crippen LogP contribution in [0.2, 0.25) is 0 Å². The second-order valence-corrected chi connectivity index (χ2v) is 8.73. The standard InChI is InChI=1S/C23H19FN2OS2/c1-16-7-12-20-21(13-16)29-23(25-20)26(14-17-5-3-2-4-6-17)22(27)15-28-19-10-8-18(24)9-11-19/h2-13H,14-15H2,1H3. The van der Waals surface area contributed by atoms with E-state index in [1.807, 2.05) is 49.4 Å². The first-order chi connectivity index (χ1) is 14.1. The predicted octanol–water partition coefficient (Wildman–Crippen LogP) is 6.07. The monoisotopic (exact) mass is 422 g/mol. The van der Waals surface area contributed by atoms with Crippen molar-refractivity contribution in [1.29, 1.82) is 0 Å². The maximum Gasteiger partial charge on any atom is 0.239 e. The number of aromatic nitrogens is 1. The van der Waals surface area contributed by atoms with Crippen molar-refractivity contribution in [3.05, 3.63) is 89.7 Å². The molecule has 0 spiro atoms. The van der Waals surface area contributed by atoms with Crippen LogP contribution in [0.1, 0.15) is 11.1 Å². The number of aryl methyl sites for hydroxylation is 1. The van der Waals surface area contributed by atoms with Crippen LogP contribution in [-0.4, -0.2) is 16.6 Å². The summed E-state index contributed by atoms with van der Waals surface area (Å²) in [6, 6.07) is 22.2. The molecule has 0 bridgehead atoms. The van der Waals surface area contributed by atoms with E-state index in [1.165, 1.54) is 40.8 Å². The molecule has 29 heavy (non-hydrogen) atoms. The Bertz CT molecular complexity index is 1130. The van der Waals surface area contributed by atoms with E-state index in [-0.39, 0.29) is 17.5 Å². The second-order valence-electron chi connectivity index (χ2n) is 6.68. The molecule has 1 heterocycles. The molecule has 4 rings (SSSR count). The highest BCUT2D eigenvalue weighted by atomic mass is 32.2. The highest BCUT2D eigenvalue weighted by Crippen LogP contribution is 2.31. The van der Waals surface area contributed by atoms with E-state index in [2.05, 4.69) is 6.07 Å². The van der Waals surface area contributed by atoms with Gasteiger partial charge in [0.05, 0.1) is 22.5 Å². The fourth-order valence-corrected chi connectivity index (χ4v) is 4.77. The molecule has 0 aliphatic rings. The van der Waals surface area contributed by atoms with Gasteiger partial charge < -0.3 is 0 Å². The van der Waals surface area contributed by atoms with Crippen LogP contribution < -0.4 is 4.90 Å². The summed E-state index contributed by atoms with van der Waals surface area (Å²) >= 11 is 2.92. The number of nitrogens with zero attached hydrogens (tertiary/aromatic N) is 2. The Morgan fingerprint density at radius 2 is 1.83 bits per heavy atom. The third-order valence-electron chi connectivity index (χ3n) is 4.42. The van der Waals surface area contributed by atoms with Crippen molar-refractivity contribution < 1.29 is 9.18 Å². The molecule has 0 saturated heterocycles. The fourth-order valence-electron chi connectivity index (χ4n) is 2.92. The van der Waals surface area contributed by atoms with Crippen LogP contribution in [0, 0.1) is 12.7 Å². The van der Waals surface area contributed by atoms with Gasteiger partial charge in [0.15, 0.2) is 5.13 Å². The second kappa shape index (κ2) is 8.76. The summed E-state index contributed by atoms with van der Waals surface area (Å²) in [4.78, 5) is 20.4. The van der Waals surface area contributed by atoms with Crippen molar-refractivity contribution in [3.8, 4) is 0 Å². The Morgan fingerprint density at radius 3 is 2.59 bits per heavy atom. The normalized spacial score (nSPS) is 11.0.